The van der Waals surface area contributed by atoms with Gasteiger partial charge in [0.25, 0.3) is 11.8 Å². The second kappa shape index (κ2) is 20.2. The lowest BCUT2D eigenvalue weighted by Crippen LogP contribution is -2.62. The first-order valence-corrected chi connectivity index (χ1v) is 20.7. The van der Waals surface area contributed by atoms with Crippen molar-refractivity contribution in [2.75, 3.05) is 19.8 Å². The molecule has 7 unspecified atom stereocenters. The summed E-state index contributed by atoms with van der Waals surface area (Å²) in [6.07, 6.45) is -15.1. The summed E-state index contributed by atoms with van der Waals surface area (Å²) in [6.45, 7) is 4.22. The highest BCUT2D eigenvalue weighted by Crippen LogP contribution is 2.68. The molecule has 19 atom stereocenters. The average Bonchev–Trinajstić information content (AvgIpc) is 3.56. The lowest BCUT2D eigenvalue weighted by molar-refractivity contribution is -0.207. The SMILES string of the molecule is CC(CCC(=O)NCCC(NC(=O)[C@@H](O)[C@@H](O)[C@@H](O)[C@H](O)CO)NC(=O)[C@@H](O)[C@@H](O)[C@@H](O)[C@H](O)CO)C1CC[C@H]2C3C(O)CC4C[C@H](O)CCC4(C)[C@H]3C[C@H](O)C12C. The molecule has 16 N–H and O–H groups in total. The van der Waals surface area contributed by atoms with Gasteiger partial charge in [0.2, 0.25) is 5.91 Å². The van der Waals surface area contributed by atoms with Crippen molar-refractivity contribution in [3.05, 3.63) is 0 Å². The van der Waals surface area contributed by atoms with Crippen molar-refractivity contribution in [1.29, 1.82) is 0 Å². The van der Waals surface area contributed by atoms with Crippen LogP contribution in [0.3, 0.4) is 0 Å². The number of rotatable bonds is 19. The molecule has 4 rings (SSSR count). The normalized spacial score (nSPS) is 36.8. The molecule has 3 amide bonds. The quantitative estimate of drug-likeness (QED) is 0.0544. The smallest absolute Gasteiger partial charge is 0.253 e. The van der Waals surface area contributed by atoms with Gasteiger partial charge in [-0.15, -0.1) is 0 Å². The topological polar surface area (TPSA) is 350 Å². The van der Waals surface area contributed by atoms with Crippen LogP contribution < -0.4 is 16.0 Å². The van der Waals surface area contributed by atoms with Gasteiger partial charge in [0.1, 0.15) is 42.8 Å². The summed E-state index contributed by atoms with van der Waals surface area (Å²) < 4.78 is 0. The number of aliphatic hydroxyl groups excluding tert-OH is 13. The van der Waals surface area contributed by atoms with Crippen LogP contribution in [0, 0.1) is 46.3 Å². The minimum atomic E-state index is -2.41. The van der Waals surface area contributed by atoms with Crippen molar-refractivity contribution in [3.8, 4) is 0 Å². The van der Waals surface area contributed by atoms with E-state index < -0.39 is 97.6 Å². The Balaban J connectivity index is 1.36. The Morgan fingerprint density at radius 1 is 0.707 bits per heavy atom. The van der Waals surface area contributed by atoms with E-state index in [-0.39, 0.29) is 72.3 Å². The molecule has 0 heterocycles. The summed E-state index contributed by atoms with van der Waals surface area (Å²) in [6, 6.07) is 0. The summed E-state index contributed by atoms with van der Waals surface area (Å²) >= 11 is 0. The number of fused-ring (bicyclic) bond motifs is 5. The van der Waals surface area contributed by atoms with Gasteiger partial charge < -0.3 is 82.3 Å². The van der Waals surface area contributed by atoms with Crippen molar-refractivity contribution in [3.63, 3.8) is 0 Å². The second-order valence-corrected chi connectivity index (χ2v) is 18.1. The third kappa shape index (κ3) is 10.1. The predicted molar refractivity (Wildman–Crippen MR) is 202 cm³/mol. The molecule has 336 valence electrons. The van der Waals surface area contributed by atoms with E-state index in [1.54, 1.807) is 0 Å². The Morgan fingerprint density at radius 2 is 1.26 bits per heavy atom. The Labute approximate surface area is 338 Å². The van der Waals surface area contributed by atoms with Gasteiger partial charge in [0.15, 0.2) is 12.2 Å². The van der Waals surface area contributed by atoms with E-state index in [1.165, 1.54) is 0 Å². The Kier molecular flexibility index (Phi) is 16.9. The van der Waals surface area contributed by atoms with Crippen molar-refractivity contribution in [2.24, 2.45) is 46.3 Å². The highest BCUT2D eigenvalue weighted by Gasteiger charge is 2.65. The molecule has 0 spiro atoms. The van der Waals surface area contributed by atoms with Gasteiger partial charge in [-0.05, 0) is 97.7 Å². The number of aliphatic hydroxyl groups is 13. The van der Waals surface area contributed by atoms with Crippen LogP contribution >= 0.6 is 0 Å². The van der Waals surface area contributed by atoms with Crippen LogP contribution in [0.4, 0.5) is 0 Å². The van der Waals surface area contributed by atoms with Gasteiger partial charge in [0.05, 0.1) is 31.5 Å². The molecular weight excluding hydrogens is 766 g/mol. The Hall–Kier alpha value is -2.11. The van der Waals surface area contributed by atoms with E-state index >= 15 is 0 Å². The molecular formula is C39H69N3O16. The first-order chi connectivity index (χ1) is 27.1. The zero-order chi connectivity index (χ0) is 43.4. The van der Waals surface area contributed by atoms with Crippen LogP contribution in [-0.4, -0.2) is 177 Å². The fourth-order valence-electron chi connectivity index (χ4n) is 11.2. The molecule has 19 nitrogen and oxygen atoms in total. The van der Waals surface area contributed by atoms with Gasteiger partial charge in [-0.2, -0.15) is 0 Å². The standard InChI is InChI=1S/C39H69N3O16/c1-17(20-5-6-21-29-22(14-26(49)39(20,21)3)38(2)10-8-19(45)12-18(38)13-23(29)46)4-7-28(50)40-11-9-27(41-36(57)34(55)32(53)30(51)24(47)15-43)42-37(58)35(56)33(54)31(52)25(48)16-44/h17-27,29-35,43-49,51-56H,4-16H2,1-3H3,(H,40,50)(H,41,57)(H,42,58)/t17?,18?,19-,20?,21+,22+,23?,24-,25-,26+,29?,30+,31+,32+,33+,34+,35+,38?,39?/m1/s1. The third-order valence-corrected chi connectivity index (χ3v) is 14.8. The average molecular weight is 836 g/mol. The minimum absolute atomic E-state index is 0.0207. The number of amides is 3. The fourth-order valence-corrected chi connectivity index (χ4v) is 11.2. The number of carbonyl (C=O) groups is 3. The molecule has 4 fully saturated rings. The van der Waals surface area contributed by atoms with Gasteiger partial charge in [-0.1, -0.05) is 20.8 Å². The molecule has 58 heavy (non-hydrogen) atoms. The number of carbonyl (C=O) groups excluding carboxylic acids is 3. The summed E-state index contributed by atoms with van der Waals surface area (Å²) in [5, 5.41) is 139. The van der Waals surface area contributed by atoms with Gasteiger partial charge in [-0.3, -0.25) is 14.4 Å². The Bertz CT molecular complexity index is 1340. The first-order valence-electron chi connectivity index (χ1n) is 20.7. The van der Waals surface area contributed by atoms with E-state index in [9.17, 15) is 70.6 Å². The molecule has 4 aliphatic carbocycles. The van der Waals surface area contributed by atoms with Crippen molar-refractivity contribution < 1.29 is 80.8 Å². The van der Waals surface area contributed by atoms with E-state index in [4.69, 9.17) is 10.2 Å². The van der Waals surface area contributed by atoms with Crippen molar-refractivity contribution >= 4 is 17.7 Å². The highest BCUT2D eigenvalue weighted by molar-refractivity contribution is 5.84. The second-order valence-electron chi connectivity index (χ2n) is 18.1. The number of hydrogen-bond donors (Lipinski definition) is 16. The summed E-state index contributed by atoms with van der Waals surface area (Å²) in [7, 11) is 0. The van der Waals surface area contributed by atoms with Gasteiger partial charge in [0, 0.05) is 19.4 Å². The van der Waals surface area contributed by atoms with Crippen LogP contribution in [-0.2, 0) is 14.4 Å². The maximum Gasteiger partial charge on any atom is 0.253 e. The van der Waals surface area contributed by atoms with E-state index in [2.05, 4.69) is 36.7 Å². The number of hydrogen-bond acceptors (Lipinski definition) is 16. The summed E-state index contributed by atoms with van der Waals surface area (Å²) in [5.41, 5.74) is -0.521. The third-order valence-electron chi connectivity index (χ3n) is 14.8. The molecule has 19 heteroatoms. The lowest BCUT2D eigenvalue weighted by Gasteiger charge is -2.63. The molecule has 0 aromatic carbocycles. The molecule has 0 aliphatic heterocycles. The molecule has 4 saturated carbocycles. The van der Waals surface area contributed by atoms with Gasteiger partial charge in [-0.25, -0.2) is 0 Å². The predicted octanol–water partition coefficient (Wildman–Crippen LogP) is -4.70. The maximum absolute atomic E-state index is 13.1. The van der Waals surface area contributed by atoms with Gasteiger partial charge >= 0.3 is 0 Å². The van der Waals surface area contributed by atoms with Crippen molar-refractivity contribution in [2.45, 2.75) is 158 Å². The fraction of sp³-hybridized carbons (Fsp3) is 0.923. The summed E-state index contributed by atoms with van der Waals surface area (Å²) in [4.78, 5) is 38.7. The summed E-state index contributed by atoms with van der Waals surface area (Å²) in [5.74, 6) is -2.55. The molecule has 4 aliphatic rings. The Morgan fingerprint density at radius 3 is 1.79 bits per heavy atom. The minimum Gasteiger partial charge on any atom is -0.394 e. The van der Waals surface area contributed by atoms with Crippen LogP contribution in [0.5, 0.6) is 0 Å². The van der Waals surface area contributed by atoms with E-state index in [0.29, 0.717) is 25.7 Å². The van der Waals surface area contributed by atoms with E-state index in [0.717, 1.165) is 25.7 Å². The zero-order valence-corrected chi connectivity index (χ0v) is 33.6. The molecule has 0 saturated heterocycles. The van der Waals surface area contributed by atoms with Crippen molar-refractivity contribution in [1.82, 2.24) is 16.0 Å². The monoisotopic (exact) mass is 835 g/mol. The lowest BCUT2D eigenvalue weighted by atomic mass is 9.43. The van der Waals surface area contributed by atoms with E-state index in [1.807, 2.05) is 0 Å². The molecule has 0 aromatic rings. The van der Waals surface area contributed by atoms with Crippen LogP contribution in [0.2, 0.25) is 0 Å². The zero-order valence-electron chi connectivity index (χ0n) is 33.6. The molecule has 0 bridgehead atoms. The highest BCUT2D eigenvalue weighted by atomic mass is 16.4. The number of nitrogens with one attached hydrogen (secondary N) is 3. The molecule has 0 aromatic heterocycles. The van der Waals surface area contributed by atoms with Crippen LogP contribution in [0.15, 0.2) is 0 Å². The molecule has 0 radical (unpaired) electrons. The van der Waals surface area contributed by atoms with Crippen LogP contribution in [0.25, 0.3) is 0 Å². The van der Waals surface area contributed by atoms with Crippen LogP contribution in [0.1, 0.15) is 85.0 Å². The largest absolute Gasteiger partial charge is 0.394 e. The maximum atomic E-state index is 13.1. The first kappa shape index (κ1) is 48.6.